The summed E-state index contributed by atoms with van der Waals surface area (Å²) in [5.41, 5.74) is 5.39. The van der Waals surface area contributed by atoms with Crippen LogP contribution in [0, 0.1) is 0 Å². The molecule has 2 rings (SSSR count). The second kappa shape index (κ2) is 6.29. The Morgan fingerprint density at radius 1 is 1.06 bits per heavy atom. The van der Waals surface area contributed by atoms with Crippen LogP contribution in [0.3, 0.4) is 0 Å². The summed E-state index contributed by atoms with van der Waals surface area (Å²) < 4.78 is 33.4. The van der Waals surface area contributed by atoms with Crippen LogP contribution in [0.2, 0.25) is 0 Å². The molecule has 6 nitrogen and oxygen atoms in total. The lowest BCUT2D eigenvalue weighted by atomic mass is 10.1. The van der Waals surface area contributed by atoms with Crippen molar-refractivity contribution in [2.45, 2.75) is 31.8 Å². The Morgan fingerprint density at radius 3 is 2.17 bits per heavy atom. The Kier molecular flexibility index (Phi) is 4.97. The monoisotopic (exact) mass is 277 g/mol. The van der Waals surface area contributed by atoms with Gasteiger partial charge >= 0.3 is 0 Å². The van der Waals surface area contributed by atoms with Crippen LogP contribution in [0.25, 0.3) is 0 Å². The minimum absolute atomic E-state index is 0.165. The van der Waals surface area contributed by atoms with Crippen LogP contribution in [0.1, 0.15) is 25.7 Å². The first-order valence-corrected chi connectivity index (χ1v) is 8.11. The average Bonchev–Trinajstić information content (AvgIpc) is 2.91. The summed E-state index contributed by atoms with van der Waals surface area (Å²) >= 11 is 0. The SMILES string of the molecule is NCCOC1CCN(S(=O)(=O)N2CCCC2)CC1. The Morgan fingerprint density at radius 2 is 1.61 bits per heavy atom. The Hall–Kier alpha value is -0.210. The molecule has 0 amide bonds. The van der Waals surface area contributed by atoms with Gasteiger partial charge in [0, 0.05) is 32.7 Å². The van der Waals surface area contributed by atoms with E-state index in [1.54, 1.807) is 8.61 Å². The largest absolute Gasteiger partial charge is 0.377 e. The summed E-state index contributed by atoms with van der Waals surface area (Å²) in [6.45, 7) is 3.55. The maximum atomic E-state index is 12.3. The van der Waals surface area contributed by atoms with Gasteiger partial charge in [0.1, 0.15) is 0 Å². The zero-order valence-corrected chi connectivity index (χ0v) is 11.6. The number of ether oxygens (including phenoxy) is 1. The predicted octanol–water partition coefficient (Wildman–Crippen LogP) is -0.233. The summed E-state index contributed by atoms with van der Waals surface area (Å²) in [4.78, 5) is 0. The van der Waals surface area contributed by atoms with Gasteiger partial charge < -0.3 is 10.5 Å². The van der Waals surface area contributed by atoms with E-state index in [4.69, 9.17) is 10.5 Å². The molecule has 7 heteroatoms. The van der Waals surface area contributed by atoms with Crippen LogP contribution in [-0.2, 0) is 14.9 Å². The summed E-state index contributed by atoms with van der Waals surface area (Å²) in [6, 6.07) is 0. The maximum absolute atomic E-state index is 12.3. The lowest BCUT2D eigenvalue weighted by molar-refractivity contribution is 0.0250. The van der Waals surface area contributed by atoms with E-state index in [-0.39, 0.29) is 6.10 Å². The first kappa shape index (κ1) is 14.2. The number of rotatable bonds is 5. The second-order valence-electron chi connectivity index (χ2n) is 4.87. The smallest absolute Gasteiger partial charge is 0.281 e. The Labute approximate surface area is 109 Å². The zero-order valence-electron chi connectivity index (χ0n) is 10.8. The van der Waals surface area contributed by atoms with E-state index in [0.717, 1.165) is 25.7 Å². The van der Waals surface area contributed by atoms with Crippen molar-refractivity contribution in [3.05, 3.63) is 0 Å². The minimum atomic E-state index is -3.22. The van der Waals surface area contributed by atoms with Gasteiger partial charge in [-0.1, -0.05) is 0 Å². The van der Waals surface area contributed by atoms with Gasteiger partial charge in [0.2, 0.25) is 0 Å². The number of nitrogens with zero attached hydrogens (tertiary/aromatic N) is 2. The van der Waals surface area contributed by atoms with E-state index in [2.05, 4.69) is 0 Å². The minimum Gasteiger partial charge on any atom is -0.377 e. The molecule has 2 N–H and O–H groups in total. The third-order valence-electron chi connectivity index (χ3n) is 3.59. The third-order valence-corrected chi connectivity index (χ3v) is 5.63. The summed E-state index contributed by atoms with van der Waals surface area (Å²) in [7, 11) is -3.22. The third kappa shape index (κ3) is 3.21. The summed E-state index contributed by atoms with van der Waals surface area (Å²) in [6.07, 6.45) is 3.67. The molecule has 2 saturated heterocycles. The molecule has 0 aliphatic carbocycles. The van der Waals surface area contributed by atoms with Gasteiger partial charge in [0.25, 0.3) is 10.2 Å². The fourth-order valence-corrected chi connectivity index (χ4v) is 4.26. The molecule has 0 bridgehead atoms. The Balaban J connectivity index is 1.85. The van der Waals surface area contributed by atoms with Crippen LogP contribution in [0.15, 0.2) is 0 Å². The van der Waals surface area contributed by atoms with Crippen molar-refractivity contribution >= 4 is 10.2 Å². The van der Waals surface area contributed by atoms with Crippen molar-refractivity contribution in [2.75, 3.05) is 39.3 Å². The highest BCUT2D eigenvalue weighted by molar-refractivity contribution is 7.86. The van der Waals surface area contributed by atoms with E-state index in [0.29, 0.717) is 39.3 Å². The molecule has 0 radical (unpaired) electrons. The molecular formula is C11H23N3O3S. The van der Waals surface area contributed by atoms with Crippen molar-refractivity contribution in [1.29, 1.82) is 0 Å². The molecule has 0 spiro atoms. The van der Waals surface area contributed by atoms with Crippen LogP contribution in [-0.4, -0.2) is 62.5 Å². The van der Waals surface area contributed by atoms with E-state index in [9.17, 15) is 8.42 Å². The van der Waals surface area contributed by atoms with Crippen LogP contribution < -0.4 is 5.73 Å². The van der Waals surface area contributed by atoms with E-state index in [1.807, 2.05) is 0 Å². The average molecular weight is 277 g/mol. The molecule has 0 saturated carbocycles. The molecule has 18 heavy (non-hydrogen) atoms. The maximum Gasteiger partial charge on any atom is 0.281 e. The number of nitrogens with two attached hydrogens (primary N) is 1. The normalized spacial score (nSPS) is 24.7. The molecule has 0 aromatic carbocycles. The van der Waals surface area contributed by atoms with Crippen LogP contribution in [0.4, 0.5) is 0 Å². The van der Waals surface area contributed by atoms with Crippen molar-refractivity contribution in [3.63, 3.8) is 0 Å². The standard InChI is InChI=1S/C11H23N3O3S/c12-5-10-17-11-3-8-14(9-4-11)18(15,16)13-6-1-2-7-13/h11H,1-10,12H2. The second-order valence-corrected chi connectivity index (χ2v) is 6.80. The van der Waals surface area contributed by atoms with Gasteiger partial charge in [-0.15, -0.1) is 0 Å². The van der Waals surface area contributed by atoms with Crippen LogP contribution in [0.5, 0.6) is 0 Å². The lowest BCUT2D eigenvalue weighted by Gasteiger charge is -2.33. The molecular weight excluding hydrogens is 254 g/mol. The van der Waals surface area contributed by atoms with Gasteiger partial charge in [-0.2, -0.15) is 17.0 Å². The number of piperidine rings is 1. The molecule has 0 unspecified atom stereocenters. The highest BCUT2D eigenvalue weighted by Crippen LogP contribution is 2.21. The zero-order chi connectivity index (χ0) is 13.0. The molecule has 2 aliphatic rings. The number of hydrogen-bond donors (Lipinski definition) is 1. The van der Waals surface area contributed by atoms with Crippen molar-refractivity contribution in [3.8, 4) is 0 Å². The quantitative estimate of drug-likeness (QED) is 0.753. The molecule has 0 aromatic heterocycles. The molecule has 2 aliphatic heterocycles. The highest BCUT2D eigenvalue weighted by atomic mass is 32.2. The molecule has 106 valence electrons. The van der Waals surface area contributed by atoms with Crippen molar-refractivity contribution in [2.24, 2.45) is 5.73 Å². The van der Waals surface area contributed by atoms with E-state index >= 15 is 0 Å². The molecule has 0 aromatic rings. The first-order chi connectivity index (χ1) is 8.64. The first-order valence-electron chi connectivity index (χ1n) is 6.71. The fraction of sp³-hybridized carbons (Fsp3) is 1.00. The Bertz CT molecular complexity index is 347. The lowest BCUT2D eigenvalue weighted by Crippen LogP contribution is -2.47. The summed E-state index contributed by atoms with van der Waals surface area (Å²) in [5.74, 6) is 0. The van der Waals surface area contributed by atoms with Gasteiger partial charge in [-0.25, -0.2) is 0 Å². The van der Waals surface area contributed by atoms with Gasteiger partial charge in [0.05, 0.1) is 12.7 Å². The van der Waals surface area contributed by atoms with Gasteiger partial charge in [0.15, 0.2) is 0 Å². The molecule has 2 fully saturated rings. The predicted molar refractivity (Wildman–Crippen MR) is 69.3 cm³/mol. The van der Waals surface area contributed by atoms with E-state index in [1.165, 1.54) is 0 Å². The number of hydrogen-bond acceptors (Lipinski definition) is 4. The van der Waals surface area contributed by atoms with Crippen molar-refractivity contribution < 1.29 is 13.2 Å². The van der Waals surface area contributed by atoms with Crippen LogP contribution >= 0.6 is 0 Å². The van der Waals surface area contributed by atoms with Gasteiger partial charge in [-0.05, 0) is 25.7 Å². The fourth-order valence-electron chi connectivity index (χ4n) is 2.55. The topological polar surface area (TPSA) is 75.9 Å². The van der Waals surface area contributed by atoms with E-state index < -0.39 is 10.2 Å². The summed E-state index contributed by atoms with van der Waals surface area (Å²) in [5, 5.41) is 0. The molecule has 2 heterocycles. The highest BCUT2D eigenvalue weighted by Gasteiger charge is 2.34. The van der Waals surface area contributed by atoms with Gasteiger partial charge in [-0.3, -0.25) is 0 Å². The van der Waals surface area contributed by atoms with Crippen molar-refractivity contribution in [1.82, 2.24) is 8.61 Å². The molecule has 0 atom stereocenters.